The van der Waals surface area contributed by atoms with Crippen LogP contribution in [-0.4, -0.2) is 9.85 Å². The van der Waals surface area contributed by atoms with Gasteiger partial charge in [0.25, 0.3) is 0 Å². The fraction of sp³-hybridized carbons (Fsp3) is 0.375. The first-order valence-electron chi connectivity index (χ1n) is 14.4. The van der Waals surface area contributed by atoms with Gasteiger partial charge in [0, 0.05) is 0 Å². The van der Waals surface area contributed by atoms with Gasteiger partial charge in [0.1, 0.15) is 0 Å². The molecule has 0 spiro atoms. The maximum atomic E-state index is 11.7. The first kappa shape index (κ1) is 27.8. The van der Waals surface area contributed by atoms with Gasteiger partial charge in [-0.05, 0) is 0 Å². The third kappa shape index (κ3) is 5.14. The third-order valence-electron chi connectivity index (χ3n) is 8.94. The van der Waals surface area contributed by atoms with Crippen molar-refractivity contribution in [3.8, 4) is 11.5 Å². The zero-order chi connectivity index (χ0) is 28.7. The van der Waals surface area contributed by atoms with E-state index >= 15 is 0 Å². The number of allylic oxidation sites excluding steroid dienone is 8. The number of nitro groups is 2. The topological polar surface area (TPSA) is 105 Å². The van der Waals surface area contributed by atoms with Crippen molar-refractivity contribution in [3.63, 3.8) is 0 Å². The molecule has 41 heavy (non-hydrogen) atoms. The van der Waals surface area contributed by atoms with Gasteiger partial charge in [-0.1, -0.05) is 0 Å². The summed E-state index contributed by atoms with van der Waals surface area (Å²) in [5.41, 5.74) is 7.82. The van der Waals surface area contributed by atoms with Crippen LogP contribution < -0.4 is 5.63 Å². The number of benzene rings is 2. The molecule has 2 aromatic carbocycles. The molecule has 212 valence electrons. The standard InChI is InChI=1S/2C10H13.2C6H5NO3.Zr/c2*1-8-6-9-4-2-3-5-10(9)7-8;2*8-6-3-1-2-5(4-6)7(9)10;/h2*6-7H,2-5H2,1H3;2*1-4,8H;/q;;;;+2/p-2. The fourth-order valence-corrected chi connectivity index (χ4v) is 19.4. The van der Waals surface area contributed by atoms with Gasteiger partial charge in [-0.25, -0.2) is 0 Å². The number of nitrogens with zero attached hydrogens (tertiary/aromatic N) is 2. The van der Waals surface area contributed by atoms with Crippen LogP contribution in [0.15, 0.2) is 94.1 Å². The zero-order valence-electron chi connectivity index (χ0n) is 23.4. The Hall–Kier alpha value is -3.32. The number of non-ortho nitro benzene ring substituents is 2. The minimum absolute atomic E-state index is 0.0365. The van der Waals surface area contributed by atoms with Crippen molar-refractivity contribution in [2.75, 3.05) is 0 Å². The molecular formula is C32H34N2O6Zr. The molecule has 0 saturated heterocycles. The van der Waals surface area contributed by atoms with E-state index in [4.69, 9.17) is 5.63 Å². The quantitative estimate of drug-likeness (QED) is 0.212. The molecule has 2 unspecified atom stereocenters. The van der Waals surface area contributed by atoms with E-state index < -0.39 is 31.0 Å². The van der Waals surface area contributed by atoms with Crippen LogP contribution in [0.3, 0.4) is 0 Å². The molecule has 0 aromatic heterocycles. The van der Waals surface area contributed by atoms with Crippen molar-refractivity contribution < 1.29 is 36.6 Å². The summed E-state index contributed by atoms with van der Waals surface area (Å²) < 4.78 is 14.4. The maximum absolute atomic E-state index is 11.7. The second kappa shape index (κ2) is 11.2. The van der Waals surface area contributed by atoms with Gasteiger partial charge in [0.15, 0.2) is 0 Å². The number of hydrogen-bond acceptors (Lipinski definition) is 6. The van der Waals surface area contributed by atoms with Gasteiger partial charge in [0.05, 0.1) is 0 Å². The average molecular weight is 634 g/mol. The molecule has 2 atom stereocenters. The van der Waals surface area contributed by atoms with Crippen molar-refractivity contribution >= 4 is 11.4 Å². The van der Waals surface area contributed by atoms with Crippen LogP contribution in [-0.2, 0) is 21.1 Å². The second-order valence-electron chi connectivity index (χ2n) is 11.6. The monoisotopic (exact) mass is 632 g/mol. The molecule has 0 bridgehead atoms. The van der Waals surface area contributed by atoms with E-state index in [1.807, 2.05) is 0 Å². The Kier molecular flexibility index (Phi) is 7.58. The number of nitro benzene ring substituents is 2. The summed E-state index contributed by atoms with van der Waals surface area (Å²) >= 11 is -4.70. The molecule has 6 rings (SSSR count). The molecule has 0 radical (unpaired) electrons. The molecular weight excluding hydrogens is 600 g/mol. The number of hydrogen-bond donors (Lipinski definition) is 0. The van der Waals surface area contributed by atoms with E-state index in [9.17, 15) is 20.2 Å². The van der Waals surface area contributed by atoms with E-state index in [-0.39, 0.29) is 18.6 Å². The van der Waals surface area contributed by atoms with Gasteiger partial charge in [-0.15, -0.1) is 0 Å². The predicted molar refractivity (Wildman–Crippen MR) is 153 cm³/mol. The minimum atomic E-state index is -4.70. The molecule has 0 saturated carbocycles. The molecule has 0 amide bonds. The summed E-state index contributed by atoms with van der Waals surface area (Å²) in [5.74, 6) is 0.853. The van der Waals surface area contributed by atoms with E-state index in [1.165, 1.54) is 57.7 Å². The summed E-state index contributed by atoms with van der Waals surface area (Å²) in [4.78, 5) is 22.7. The molecule has 8 nitrogen and oxygen atoms in total. The summed E-state index contributed by atoms with van der Waals surface area (Å²) in [6.45, 7) is 4.32. The third-order valence-corrected chi connectivity index (χ3v) is 19.6. The van der Waals surface area contributed by atoms with Crippen LogP contribution in [0.2, 0.25) is 7.25 Å². The Labute approximate surface area is 245 Å². The Bertz CT molecular complexity index is 1440. The average Bonchev–Trinajstić information content (AvgIpc) is 3.48. The van der Waals surface area contributed by atoms with Gasteiger partial charge in [0.2, 0.25) is 0 Å². The molecule has 4 aliphatic rings. The fourth-order valence-electron chi connectivity index (χ4n) is 7.39. The van der Waals surface area contributed by atoms with E-state index in [2.05, 4.69) is 26.0 Å². The van der Waals surface area contributed by atoms with E-state index in [1.54, 1.807) is 24.3 Å². The first-order chi connectivity index (χ1) is 19.8. The summed E-state index contributed by atoms with van der Waals surface area (Å²) in [6, 6.07) is 12.8. The van der Waals surface area contributed by atoms with Crippen molar-refractivity contribution in [1.82, 2.24) is 0 Å². The Balaban J connectivity index is 1.60. The van der Waals surface area contributed by atoms with Gasteiger partial charge >= 0.3 is 246 Å². The van der Waals surface area contributed by atoms with Crippen molar-refractivity contribution in [3.05, 3.63) is 114 Å². The van der Waals surface area contributed by atoms with Crippen molar-refractivity contribution in [2.45, 2.75) is 72.5 Å². The van der Waals surface area contributed by atoms with Crippen LogP contribution in [0, 0.1) is 20.2 Å². The molecule has 4 aliphatic carbocycles. The summed E-state index contributed by atoms with van der Waals surface area (Å²) in [7, 11) is 0. The van der Waals surface area contributed by atoms with Gasteiger partial charge in [-0.2, -0.15) is 0 Å². The van der Waals surface area contributed by atoms with E-state index in [0.717, 1.165) is 51.4 Å². The molecule has 0 N–H and O–H groups in total. The predicted octanol–water partition coefficient (Wildman–Crippen LogP) is 9.18. The Morgan fingerprint density at radius 3 is 1.51 bits per heavy atom. The zero-order valence-corrected chi connectivity index (χ0v) is 25.9. The van der Waals surface area contributed by atoms with Gasteiger partial charge < -0.3 is 0 Å². The van der Waals surface area contributed by atoms with Crippen LogP contribution >= 0.6 is 0 Å². The van der Waals surface area contributed by atoms with Crippen LogP contribution in [0.5, 0.6) is 11.5 Å². The normalized spacial score (nSPS) is 22.1. The first-order valence-corrected chi connectivity index (χ1v) is 19.3. The van der Waals surface area contributed by atoms with Crippen LogP contribution in [0.1, 0.15) is 65.2 Å². The second-order valence-corrected chi connectivity index (χ2v) is 19.0. The summed E-state index contributed by atoms with van der Waals surface area (Å²) in [5, 5.41) is 23.5. The van der Waals surface area contributed by atoms with Crippen molar-refractivity contribution in [2.24, 2.45) is 0 Å². The molecule has 2 aromatic rings. The molecule has 0 heterocycles. The number of rotatable bonds is 8. The molecule has 0 aliphatic heterocycles. The van der Waals surface area contributed by atoms with Crippen molar-refractivity contribution in [1.29, 1.82) is 0 Å². The van der Waals surface area contributed by atoms with Gasteiger partial charge in [-0.3, -0.25) is 0 Å². The Morgan fingerprint density at radius 2 is 1.10 bits per heavy atom. The molecule has 9 heteroatoms. The van der Waals surface area contributed by atoms with Crippen LogP contribution in [0.25, 0.3) is 0 Å². The van der Waals surface area contributed by atoms with Crippen LogP contribution in [0.4, 0.5) is 11.4 Å². The summed E-state index contributed by atoms with van der Waals surface area (Å²) in [6.07, 6.45) is 13.1. The Morgan fingerprint density at radius 1 is 0.683 bits per heavy atom. The van der Waals surface area contributed by atoms with E-state index in [0.29, 0.717) is 11.5 Å². The molecule has 0 fully saturated rings. The SMILES string of the molecule is CC1=CC2=C(CCCC2)[CH]1[Zr]([O]c1cccc([N+](=O)[O-])c1)([O]c1cccc([N+](=O)[O-])c1)[CH]1C(C)=CC2=C1CCCC2.